The van der Waals surface area contributed by atoms with Crippen molar-refractivity contribution in [3.63, 3.8) is 0 Å². The van der Waals surface area contributed by atoms with Crippen LogP contribution in [-0.4, -0.2) is 58.1 Å². The predicted octanol–water partition coefficient (Wildman–Crippen LogP) is 0.802. The lowest BCUT2D eigenvalue weighted by atomic mass is 9.38. The average Bonchev–Trinajstić information content (AvgIpc) is 2.62. The summed E-state index contributed by atoms with van der Waals surface area (Å²) in [4.78, 5) is 26.5. The molecular weight excluding hydrogens is 364 g/mol. The molecule has 0 spiro atoms. The van der Waals surface area contributed by atoms with Crippen LogP contribution in [0, 0.1) is 34.5 Å². The van der Waals surface area contributed by atoms with Gasteiger partial charge in [0.1, 0.15) is 11.7 Å². The summed E-state index contributed by atoms with van der Waals surface area (Å²) in [5.74, 6) is -2.26. The van der Waals surface area contributed by atoms with Crippen LogP contribution in [0.25, 0.3) is 0 Å². The van der Waals surface area contributed by atoms with Gasteiger partial charge in [0.15, 0.2) is 17.8 Å². The van der Waals surface area contributed by atoms with E-state index in [1.165, 1.54) is 14.0 Å². The van der Waals surface area contributed by atoms with E-state index in [2.05, 4.69) is 0 Å². The fraction of sp³-hybridized carbons (Fsp3) is 0.810. The van der Waals surface area contributed by atoms with Crippen LogP contribution in [0.2, 0.25) is 0 Å². The molecule has 2 saturated carbocycles. The van der Waals surface area contributed by atoms with Crippen LogP contribution < -0.4 is 0 Å². The normalized spacial score (nSPS) is 55.9. The fourth-order valence-electron chi connectivity index (χ4n) is 7.20. The first-order chi connectivity index (χ1) is 12.9. The van der Waals surface area contributed by atoms with E-state index in [1.807, 2.05) is 20.8 Å². The molecule has 7 nitrogen and oxygen atoms in total. The van der Waals surface area contributed by atoms with E-state index in [0.717, 1.165) is 0 Å². The number of hydrogen-bond acceptors (Lipinski definition) is 7. The standard InChI is InChI=1S/C21H30O7/c1-9-6-11(27-5)17(24)19(2)10(9)7-13-20(3)12(8-14(22)28-13)21(4,26)18(25)15(23)16(19)20/h6,9-10,12-16,22-23,26H,7-8H2,1-5H3. The molecule has 0 amide bonds. The van der Waals surface area contributed by atoms with Crippen molar-refractivity contribution in [3.8, 4) is 0 Å². The summed E-state index contributed by atoms with van der Waals surface area (Å²) in [6, 6.07) is 0. The highest BCUT2D eigenvalue weighted by atomic mass is 16.6. The Morgan fingerprint density at radius 1 is 1.18 bits per heavy atom. The number of hydrogen-bond donors (Lipinski definition) is 3. The summed E-state index contributed by atoms with van der Waals surface area (Å²) in [5, 5.41) is 32.5. The number of aliphatic hydroxyl groups excluding tert-OH is 2. The zero-order chi connectivity index (χ0) is 20.8. The lowest BCUT2D eigenvalue weighted by Gasteiger charge is -2.68. The summed E-state index contributed by atoms with van der Waals surface area (Å²) in [6.07, 6.45) is -0.714. The van der Waals surface area contributed by atoms with Gasteiger partial charge in [0.05, 0.1) is 13.2 Å². The molecule has 4 aliphatic rings. The molecule has 156 valence electrons. The molecule has 10 unspecified atom stereocenters. The Morgan fingerprint density at radius 3 is 2.43 bits per heavy atom. The molecule has 0 aromatic rings. The summed E-state index contributed by atoms with van der Waals surface area (Å²) in [7, 11) is 1.45. The van der Waals surface area contributed by atoms with Gasteiger partial charge in [-0.2, -0.15) is 0 Å². The second kappa shape index (κ2) is 5.88. The van der Waals surface area contributed by atoms with Gasteiger partial charge in [0, 0.05) is 29.1 Å². The minimum Gasteiger partial charge on any atom is -0.493 e. The monoisotopic (exact) mass is 394 g/mol. The minimum atomic E-state index is -1.81. The Bertz CT molecular complexity index is 758. The number of Topliss-reactive ketones (excluding diaryl/α,β-unsaturated/α-hetero) is 2. The van der Waals surface area contributed by atoms with Gasteiger partial charge in [-0.1, -0.05) is 20.8 Å². The summed E-state index contributed by atoms with van der Waals surface area (Å²) in [6.45, 7) is 7.08. The molecule has 7 heteroatoms. The van der Waals surface area contributed by atoms with Gasteiger partial charge in [0.25, 0.3) is 0 Å². The Labute approximate surface area is 164 Å². The molecule has 3 aliphatic carbocycles. The number of allylic oxidation sites excluding steroid dienone is 2. The third kappa shape index (κ3) is 2.13. The third-order valence-corrected chi connectivity index (χ3v) is 8.50. The Hall–Kier alpha value is -1.28. The number of aliphatic hydroxyl groups is 3. The van der Waals surface area contributed by atoms with E-state index >= 15 is 0 Å². The van der Waals surface area contributed by atoms with Gasteiger partial charge in [-0.3, -0.25) is 9.59 Å². The molecule has 3 fully saturated rings. The van der Waals surface area contributed by atoms with Crippen LogP contribution in [-0.2, 0) is 19.1 Å². The highest BCUT2D eigenvalue weighted by molar-refractivity contribution is 6.01. The smallest absolute Gasteiger partial charge is 0.203 e. The fourth-order valence-corrected chi connectivity index (χ4v) is 7.20. The van der Waals surface area contributed by atoms with E-state index in [4.69, 9.17) is 9.47 Å². The highest BCUT2D eigenvalue weighted by Crippen LogP contribution is 2.68. The first-order valence-corrected chi connectivity index (χ1v) is 10.0. The van der Waals surface area contributed by atoms with Crippen molar-refractivity contribution >= 4 is 11.6 Å². The summed E-state index contributed by atoms with van der Waals surface area (Å²) >= 11 is 0. The van der Waals surface area contributed by atoms with Crippen LogP contribution in [0.4, 0.5) is 0 Å². The van der Waals surface area contributed by atoms with Crippen LogP contribution in [0.5, 0.6) is 0 Å². The van der Waals surface area contributed by atoms with E-state index in [1.54, 1.807) is 6.08 Å². The Kier molecular flexibility index (Phi) is 4.20. The predicted molar refractivity (Wildman–Crippen MR) is 97.7 cm³/mol. The second-order valence-electron chi connectivity index (χ2n) is 9.72. The Balaban J connectivity index is 1.95. The molecular formula is C21H30O7. The molecule has 10 atom stereocenters. The van der Waals surface area contributed by atoms with Crippen molar-refractivity contribution in [1.29, 1.82) is 0 Å². The molecule has 1 saturated heterocycles. The molecule has 0 aromatic heterocycles. The van der Waals surface area contributed by atoms with Gasteiger partial charge in [-0.25, -0.2) is 0 Å². The quantitative estimate of drug-likeness (QED) is 0.603. The lowest BCUT2D eigenvalue weighted by Crippen LogP contribution is -2.76. The number of rotatable bonds is 1. The molecule has 1 heterocycles. The maximum atomic E-state index is 13.5. The van der Waals surface area contributed by atoms with Gasteiger partial charge >= 0.3 is 0 Å². The van der Waals surface area contributed by atoms with Gasteiger partial charge in [-0.15, -0.1) is 0 Å². The third-order valence-electron chi connectivity index (χ3n) is 8.50. The minimum absolute atomic E-state index is 0.0342. The van der Waals surface area contributed by atoms with Gasteiger partial charge < -0.3 is 24.8 Å². The van der Waals surface area contributed by atoms with Crippen LogP contribution in [0.15, 0.2) is 11.8 Å². The molecule has 0 bridgehead atoms. The van der Waals surface area contributed by atoms with Gasteiger partial charge in [-0.05, 0) is 31.3 Å². The van der Waals surface area contributed by atoms with Crippen LogP contribution in [0.3, 0.4) is 0 Å². The first kappa shape index (κ1) is 20.0. The van der Waals surface area contributed by atoms with Crippen LogP contribution in [0.1, 0.15) is 40.5 Å². The summed E-state index contributed by atoms with van der Waals surface area (Å²) in [5.41, 5.74) is -3.70. The second-order valence-corrected chi connectivity index (χ2v) is 9.72. The molecule has 28 heavy (non-hydrogen) atoms. The first-order valence-electron chi connectivity index (χ1n) is 10.0. The largest absolute Gasteiger partial charge is 0.493 e. The number of methoxy groups -OCH3 is 1. The molecule has 0 aromatic carbocycles. The summed E-state index contributed by atoms with van der Waals surface area (Å²) < 4.78 is 11.2. The average molecular weight is 394 g/mol. The topological polar surface area (TPSA) is 113 Å². The maximum absolute atomic E-state index is 13.5. The molecule has 3 N–H and O–H groups in total. The number of carbonyl (C=O) groups is 2. The number of carbonyl (C=O) groups excluding carboxylic acids is 2. The zero-order valence-corrected chi connectivity index (χ0v) is 17.0. The van der Waals surface area contributed by atoms with Crippen molar-refractivity contribution in [2.45, 2.75) is 64.6 Å². The van der Waals surface area contributed by atoms with E-state index in [0.29, 0.717) is 6.42 Å². The van der Waals surface area contributed by atoms with E-state index < -0.39 is 52.5 Å². The van der Waals surface area contributed by atoms with E-state index in [-0.39, 0.29) is 29.8 Å². The molecule has 1 aliphatic heterocycles. The number of ether oxygens (including phenoxy) is 2. The van der Waals surface area contributed by atoms with Crippen LogP contribution >= 0.6 is 0 Å². The maximum Gasteiger partial charge on any atom is 0.203 e. The number of fused-ring (bicyclic) bond motifs is 2. The van der Waals surface area contributed by atoms with Gasteiger partial charge in [0.2, 0.25) is 5.78 Å². The molecule has 4 rings (SSSR count). The Morgan fingerprint density at radius 2 is 1.82 bits per heavy atom. The number of ketones is 2. The van der Waals surface area contributed by atoms with Crippen molar-refractivity contribution in [1.82, 2.24) is 0 Å². The molecule has 0 radical (unpaired) electrons. The highest BCUT2D eigenvalue weighted by Gasteiger charge is 2.75. The van der Waals surface area contributed by atoms with E-state index in [9.17, 15) is 24.9 Å². The van der Waals surface area contributed by atoms with Crippen molar-refractivity contribution in [2.75, 3.05) is 7.11 Å². The SMILES string of the molecule is COC1=CC(C)C2CC3OC(O)CC4C(C)(O)C(=O)C(O)C(C2(C)C1=O)C34C. The van der Waals surface area contributed by atoms with Crippen molar-refractivity contribution in [3.05, 3.63) is 11.8 Å². The van der Waals surface area contributed by atoms with Crippen molar-refractivity contribution < 1.29 is 34.4 Å². The zero-order valence-electron chi connectivity index (χ0n) is 17.0. The van der Waals surface area contributed by atoms with Crippen molar-refractivity contribution in [2.24, 2.45) is 34.5 Å². The lowest BCUT2D eigenvalue weighted by molar-refractivity contribution is -0.318.